The van der Waals surface area contributed by atoms with Crippen LogP contribution in [0.2, 0.25) is 0 Å². The van der Waals surface area contributed by atoms with E-state index in [0.29, 0.717) is 5.75 Å². The first-order valence-corrected chi connectivity index (χ1v) is 11.2. The number of alkyl halides is 3. The molecular formula is C24H25F3O4S. The predicted molar refractivity (Wildman–Crippen MR) is 116 cm³/mol. The van der Waals surface area contributed by atoms with E-state index in [9.17, 15) is 22.8 Å². The number of Topliss-reactive ketones (excluding diaryl/α,β-unsaturated/α-hetero) is 1. The van der Waals surface area contributed by atoms with Crippen molar-refractivity contribution in [3.8, 4) is 5.75 Å². The van der Waals surface area contributed by atoms with Crippen molar-refractivity contribution >= 4 is 23.5 Å². The number of carbonyl (C=O) groups excluding carboxylic acids is 2. The molecular weight excluding hydrogens is 441 g/mol. The molecule has 0 N–H and O–H groups in total. The van der Waals surface area contributed by atoms with Crippen molar-refractivity contribution in [2.75, 3.05) is 5.75 Å². The first kappa shape index (κ1) is 24.2. The maximum Gasteiger partial charge on any atom is 0.573 e. The van der Waals surface area contributed by atoms with E-state index in [1.54, 1.807) is 0 Å². The molecule has 0 aromatic heterocycles. The molecule has 0 bridgehead atoms. The SMILES string of the molecule is Cc1cc(C)c(C2C(=O)CC(C(C)CSc3ccc(OC(F)(F)F)cc3)OC2=O)c(C)c1. The Labute approximate surface area is 189 Å². The summed E-state index contributed by atoms with van der Waals surface area (Å²) >= 11 is 1.42. The van der Waals surface area contributed by atoms with E-state index in [-0.39, 0.29) is 23.9 Å². The van der Waals surface area contributed by atoms with E-state index in [1.807, 2.05) is 39.8 Å². The monoisotopic (exact) mass is 466 g/mol. The van der Waals surface area contributed by atoms with Gasteiger partial charge in [0.15, 0.2) is 5.78 Å². The first-order chi connectivity index (χ1) is 14.9. The fourth-order valence-corrected chi connectivity index (χ4v) is 5.02. The summed E-state index contributed by atoms with van der Waals surface area (Å²) in [5, 5.41) is 0. The zero-order chi connectivity index (χ0) is 23.6. The summed E-state index contributed by atoms with van der Waals surface area (Å²) in [6.45, 7) is 7.65. The van der Waals surface area contributed by atoms with Gasteiger partial charge in [-0.15, -0.1) is 24.9 Å². The largest absolute Gasteiger partial charge is 0.573 e. The Balaban J connectivity index is 1.61. The summed E-state index contributed by atoms with van der Waals surface area (Å²) in [4.78, 5) is 26.5. The lowest BCUT2D eigenvalue weighted by molar-refractivity contribution is -0.274. The van der Waals surface area contributed by atoms with Crippen LogP contribution in [0.4, 0.5) is 13.2 Å². The Bertz CT molecular complexity index is 960. The molecule has 8 heteroatoms. The van der Waals surface area contributed by atoms with Crippen molar-refractivity contribution in [2.45, 2.75) is 57.4 Å². The summed E-state index contributed by atoms with van der Waals surface area (Å²) in [5.74, 6) is -1.42. The summed E-state index contributed by atoms with van der Waals surface area (Å²) in [6, 6.07) is 9.49. The number of rotatable bonds is 6. The second kappa shape index (κ2) is 9.57. The van der Waals surface area contributed by atoms with E-state index in [1.165, 1.54) is 36.0 Å². The van der Waals surface area contributed by atoms with Crippen LogP contribution >= 0.6 is 11.8 Å². The first-order valence-electron chi connectivity index (χ1n) is 10.2. The van der Waals surface area contributed by atoms with Gasteiger partial charge >= 0.3 is 12.3 Å². The number of thioether (sulfide) groups is 1. The van der Waals surface area contributed by atoms with Gasteiger partial charge in [-0.2, -0.15) is 0 Å². The Morgan fingerprint density at radius 2 is 1.69 bits per heavy atom. The molecule has 1 fully saturated rings. The lowest BCUT2D eigenvalue weighted by Gasteiger charge is -2.32. The van der Waals surface area contributed by atoms with Gasteiger partial charge in [0.1, 0.15) is 17.8 Å². The zero-order valence-corrected chi connectivity index (χ0v) is 19.1. The molecule has 0 radical (unpaired) electrons. The van der Waals surface area contributed by atoms with E-state index < -0.39 is 24.4 Å². The predicted octanol–water partition coefficient (Wildman–Crippen LogP) is 5.91. The van der Waals surface area contributed by atoms with Gasteiger partial charge in [0.05, 0.1) is 0 Å². The lowest BCUT2D eigenvalue weighted by atomic mass is 9.82. The van der Waals surface area contributed by atoms with E-state index in [0.717, 1.165) is 27.1 Å². The highest BCUT2D eigenvalue weighted by Gasteiger charge is 2.41. The second-order valence-corrected chi connectivity index (χ2v) is 9.29. The normalized spacial score (nSPS) is 20.1. The zero-order valence-electron chi connectivity index (χ0n) is 18.3. The minimum atomic E-state index is -4.73. The van der Waals surface area contributed by atoms with Crippen LogP contribution in [-0.2, 0) is 14.3 Å². The van der Waals surface area contributed by atoms with Gasteiger partial charge in [-0.3, -0.25) is 9.59 Å². The van der Waals surface area contributed by atoms with Crippen LogP contribution in [-0.4, -0.2) is 30.0 Å². The number of hydrogen-bond acceptors (Lipinski definition) is 5. The van der Waals surface area contributed by atoms with Crippen LogP contribution in [0.1, 0.15) is 41.5 Å². The van der Waals surface area contributed by atoms with E-state index >= 15 is 0 Å². The lowest BCUT2D eigenvalue weighted by Crippen LogP contribution is -2.41. The number of carbonyl (C=O) groups is 2. The molecule has 1 aliphatic rings. The standard InChI is InChI=1S/C24H25F3O4S/c1-13-9-14(2)21(15(3)10-13)22-19(28)11-20(30-23(22)29)16(4)12-32-18-7-5-17(6-8-18)31-24(25,26)27/h5-10,16,20,22H,11-12H2,1-4H3. The second-order valence-electron chi connectivity index (χ2n) is 8.20. The third kappa shape index (κ3) is 5.85. The van der Waals surface area contributed by atoms with Crippen LogP contribution in [0, 0.1) is 26.7 Å². The smallest absolute Gasteiger partial charge is 0.461 e. The van der Waals surface area contributed by atoms with Gasteiger partial charge < -0.3 is 9.47 Å². The van der Waals surface area contributed by atoms with Gasteiger partial charge in [-0.1, -0.05) is 24.6 Å². The topological polar surface area (TPSA) is 52.6 Å². The third-order valence-electron chi connectivity index (χ3n) is 5.46. The summed E-state index contributed by atoms with van der Waals surface area (Å²) in [6.07, 6.45) is -5.12. The van der Waals surface area contributed by atoms with Gasteiger partial charge in [0.25, 0.3) is 0 Å². The summed E-state index contributed by atoms with van der Waals surface area (Å²) in [5.41, 5.74) is 3.60. The molecule has 0 amide bonds. The molecule has 1 saturated heterocycles. The molecule has 0 spiro atoms. The summed E-state index contributed by atoms with van der Waals surface area (Å²) in [7, 11) is 0. The molecule has 0 aliphatic carbocycles. The van der Waals surface area contributed by atoms with E-state index in [4.69, 9.17) is 4.74 Å². The van der Waals surface area contributed by atoms with Gasteiger partial charge in [-0.05, 0) is 61.7 Å². The number of ether oxygens (including phenoxy) is 2. The minimum Gasteiger partial charge on any atom is -0.461 e. The summed E-state index contributed by atoms with van der Waals surface area (Å²) < 4.78 is 46.3. The number of cyclic esters (lactones) is 1. The number of esters is 1. The molecule has 4 nitrogen and oxygen atoms in total. The average Bonchev–Trinajstić information content (AvgIpc) is 2.67. The van der Waals surface area contributed by atoms with Crippen molar-refractivity contribution in [2.24, 2.45) is 5.92 Å². The molecule has 3 unspecified atom stereocenters. The number of benzene rings is 2. The molecule has 0 saturated carbocycles. The maximum atomic E-state index is 12.9. The van der Waals surface area contributed by atoms with Crippen molar-refractivity contribution < 1.29 is 32.2 Å². The highest BCUT2D eigenvalue weighted by atomic mass is 32.2. The van der Waals surface area contributed by atoms with Crippen LogP contribution in [0.15, 0.2) is 41.3 Å². The molecule has 172 valence electrons. The number of aryl methyl sites for hydroxylation is 3. The number of ketones is 1. The average molecular weight is 467 g/mol. The third-order valence-corrected chi connectivity index (χ3v) is 6.76. The fourth-order valence-electron chi connectivity index (χ4n) is 4.02. The van der Waals surface area contributed by atoms with Crippen molar-refractivity contribution in [1.29, 1.82) is 0 Å². The molecule has 3 rings (SSSR count). The fraction of sp³-hybridized carbons (Fsp3) is 0.417. The molecule has 1 heterocycles. The van der Waals surface area contributed by atoms with E-state index in [2.05, 4.69) is 4.74 Å². The quantitative estimate of drug-likeness (QED) is 0.301. The van der Waals surface area contributed by atoms with Crippen LogP contribution in [0.3, 0.4) is 0 Å². The highest BCUT2D eigenvalue weighted by molar-refractivity contribution is 7.99. The minimum absolute atomic E-state index is 0.111. The van der Waals surface area contributed by atoms with Gasteiger partial charge in [-0.25, -0.2) is 0 Å². The van der Waals surface area contributed by atoms with Gasteiger partial charge in [0.2, 0.25) is 0 Å². The Morgan fingerprint density at radius 3 is 2.22 bits per heavy atom. The van der Waals surface area contributed by atoms with Crippen LogP contribution in [0.5, 0.6) is 5.75 Å². The molecule has 2 aromatic rings. The van der Waals surface area contributed by atoms with Crippen LogP contribution < -0.4 is 4.74 Å². The Kier molecular flexibility index (Phi) is 7.22. The van der Waals surface area contributed by atoms with Crippen molar-refractivity contribution in [3.05, 3.63) is 58.7 Å². The highest BCUT2D eigenvalue weighted by Crippen LogP contribution is 2.35. The number of halogens is 3. The van der Waals surface area contributed by atoms with Crippen molar-refractivity contribution in [1.82, 2.24) is 0 Å². The molecule has 1 aliphatic heterocycles. The maximum absolute atomic E-state index is 12.9. The van der Waals surface area contributed by atoms with Gasteiger partial charge in [0, 0.05) is 23.0 Å². The molecule has 2 aromatic carbocycles. The Morgan fingerprint density at radius 1 is 1.09 bits per heavy atom. The van der Waals surface area contributed by atoms with Crippen LogP contribution in [0.25, 0.3) is 0 Å². The molecule has 3 atom stereocenters. The number of hydrogen-bond donors (Lipinski definition) is 0. The Hall–Kier alpha value is -2.48. The molecule has 32 heavy (non-hydrogen) atoms. The van der Waals surface area contributed by atoms with Crippen molar-refractivity contribution in [3.63, 3.8) is 0 Å².